The summed E-state index contributed by atoms with van der Waals surface area (Å²) < 4.78 is 0.951. The third-order valence-corrected chi connectivity index (χ3v) is 1.99. The Morgan fingerprint density at radius 1 is 1.58 bits per heavy atom. The zero-order valence-corrected chi connectivity index (χ0v) is 7.62. The van der Waals surface area contributed by atoms with E-state index < -0.39 is 0 Å². The van der Waals surface area contributed by atoms with Crippen LogP contribution in [-0.4, -0.2) is 16.6 Å². The molecule has 0 unspecified atom stereocenters. The molecular weight excluding hydrogens is 222 g/mol. The summed E-state index contributed by atoms with van der Waals surface area (Å²) in [5.41, 5.74) is 1.77. The lowest BCUT2D eigenvalue weighted by molar-refractivity contribution is -0.0399. The summed E-state index contributed by atoms with van der Waals surface area (Å²) in [6.45, 7) is 0. The van der Waals surface area contributed by atoms with Gasteiger partial charge in [0.1, 0.15) is 0 Å². The maximum atomic E-state index is 8.97. The highest BCUT2D eigenvalue weighted by Gasteiger charge is 2.12. The van der Waals surface area contributed by atoms with E-state index in [9.17, 15) is 0 Å². The van der Waals surface area contributed by atoms with E-state index in [1.54, 1.807) is 12.4 Å². The van der Waals surface area contributed by atoms with Gasteiger partial charge in [-0.25, -0.2) is 0 Å². The molecule has 0 radical (unpaired) electrons. The van der Waals surface area contributed by atoms with Gasteiger partial charge in [-0.1, -0.05) is 0 Å². The van der Waals surface area contributed by atoms with E-state index in [-0.39, 0.29) is 0 Å². The van der Waals surface area contributed by atoms with Crippen molar-refractivity contribution in [3.05, 3.63) is 34.2 Å². The van der Waals surface area contributed by atoms with Gasteiger partial charge in [0.15, 0.2) is 0 Å². The van der Waals surface area contributed by atoms with Crippen LogP contribution < -0.4 is 5.32 Å². The molecule has 0 fully saturated rings. The lowest BCUT2D eigenvalue weighted by atomic mass is 10.1. The number of nitrogens with zero attached hydrogens (tertiary/aromatic N) is 2. The molecule has 2 rings (SSSR count). The number of hydrogen-bond donors (Lipinski definition) is 2. The van der Waals surface area contributed by atoms with Crippen molar-refractivity contribution in [2.75, 3.05) is 0 Å². The van der Waals surface area contributed by atoms with E-state index in [4.69, 9.17) is 5.21 Å². The Labute approximate surface area is 77.6 Å². The van der Waals surface area contributed by atoms with Crippen LogP contribution in [0.3, 0.4) is 0 Å². The zero-order chi connectivity index (χ0) is 8.55. The van der Waals surface area contributed by atoms with Crippen molar-refractivity contribution in [1.29, 1.82) is 0 Å². The molecule has 0 aliphatic carbocycles. The molecule has 2 aliphatic rings. The van der Waals surface area contributed by atoms with Crippen molar-refractivity contribution < 1.29 is 5.21 Å². The molecule has 2 heterocycles. The first kappa shape index (κ1) is 7.57. The Balaban J connectivity index is 2.36. The molecule has 0 saturated carbocycles. The second-order valence-corrected chi connectivity index (χ2v) is 3.30. The number of dihydropyridines is 1. The number of hydrazone groups is 1. The van der Waals surface area contributed by atoms with Crippen molar-refractivity contribution >= 4 is 22.1 Å². The fourth-order valence-corrected chi connectivity index (χ4v) is 1.35. The van der Waals surface area contributed by atoms with Crippen molar-refractivity contribution in [3.8, 4) is 0 Å². The van der Waals surface area contributed by atoms with Crippen molar-refractivity contribution in [2.45, 2.75) is 0 Å². The van der Waals surface area contributed by atoms with E-state index in [0.29, 0.717) is 0 Å². The molecule has 0 bridgehead atoms. The van der Waals surface area contributed by atoms with Crippen LogP contribution in [-0.2, 0) is 0 Å². The first-order chi connectivity index (χ1) is 5.75. The first-order valence-electron chi connectivity index (χ1n) is 3.34. The average Bonchev–Trinajstić information content (AvgIpc) is 2.05. The summed E-state index contributed by atoms with van der Waals surface area (Å²) in [5, 5.41) is 16.4. The Morgan fingerprint density at radius 2 is 2.42 bits per heavy atom. The third-order valence-electron chi connectivity index (χ3n) is 1.53. The highest BCUT2D eigenvalue weighted by atomic mass is 79.9. The summed E-state index contributed by atoms with van der Waals surface area (Å²) in [5.74, 6) is 0. The van der Waals surface area contributed by atoms with Crippen molar-refractivity contribution in [3.63, 3.8) is 0 Å². The molecule has 0 atom stereocenters. The highest BCUT2D eigenvalue weighted by Crippen LogP contribution is 2.20. The summed E-state index contributed by atoms with van der Waals surface area (Å²) in [6.07, 6.45) is 6.79. The Kier molecular flexibility index (Phi) is 1.74. The van der Waals surface area contributed by atoms with Gasteiger partial charge in [0, 0.05) is 16.3 Å². The van der Waals surface area contributed by atoms with Crippen LogP contribution in [0.4, 0.5) is 0 Å². The maximum absolute atomic E-state index is 8.97. The van der Waals surface area contributed by atoms with Gasteiger partial charge >= 0.3 is 0 Å². The van der Waals surface area contributed by atoms with Crippen LogP contribution in [0.15, 0.2) is 39.3 Å². The topological polar surface area (TPSA) is 47.9 Å². The number of rotatable bonds is 0. The van der Waals surface area contributed by atoms with Gasteiger partial charge in [-0.3, -0.25) is 5.21 Å². The van der Waals surface area contributed by atoms with Gasteiger partial charge in [-0.15, -0.1) is 5.17 Å². The number of hydroxylamine groups is 1. The summed E-state index contributed by atoms with van der Waals surface area (Å²) in [6, 6.07) is 0. The molecule has 2 aliphatic heterocycles. The molecule has 0 spiro atoms. The highest BCUT2D eigenvalue weighted by molar-refractivity contribution is 9.11. The van der Waals surface area contributed by atoms with E-state index in [2.05, 4.69) is 26.3 Å². The number of halogens is 1. The predicted octanol–water partition coefficient (Wildman–Crippen LogP) is 1.28. The van der Waals surface area contributed by atoms with Gasteiger partial charge in [0.05, 0.1) is 18.1 Å². The molecule has 0 saturated heterocycles. The second kappa shape index (κ2) is 2.76. The lowest BCUT2D eigenvalue weighted by Crippen LogP contribution is -2.20. The van der Waals surface area contributed by atoms with Gasteiger partial charge in [0.2, 0.25) is 0 Å². The van der Waals surface area contributed by atoms with Crippen LogP contribution in [0, 0.1) is 0 Å². The molecule has 12 heavy (non-hydrogen) atoms. The van der Waals surface area contributed by atoms with Crippen molar-refractivity contribution in [1.82, 2.24) is 10.5 Å². The SMILES string of the molecule is ON1C=C2NC=C(Br)C=C2C=N1. The molecular formula is C7H6BrN3O. The first-order valence-corrected chi connectivity index (χ1v) is 4.13. The molecule has 0 aromatic heterocycles. The second-order valence-electron chi connectivity index (χ2n) is 2.38. The minimum Gasteiger partial charge on any atom is -0.359 e. The average molecular weight is 228 g/mol. The van der Waals surface area contributed by atoms with Crippen LogP contribution in [0.1, 0.15) is 0 Å². The summed E-state index contributed by atoms with van der Waals surface area (Å²) in [4.78, 5) is 0. The number of nitrogens with one attached hydrogen (secondary N) is 1. The van der Waals surface area contributed by atoms with Gasteiger partial charge in [-0.05, 0) is 22.0 Å². The summed E-state index contributed by atoms with van der Waals surface area (Å²) >= 11 is 3.32. The number of allylic oxidation sites excluding steroid dienone is 3. The van der Waals surface area contributed by atoms with E-state index >= 15 is 0 Å². The Morgan fingerprint density at radius 3 is 3.25 bits per heavy atom. The minimum atomic E-state index is 0.771. The van der Waals surface area contributed by atoms with Gasteiger partial charge in [-0.2, -0.15) is 5.10 Å². The quantitative estimate of drug-likeness (QED) is 0.656. The van der Waals surface area contributed by atoms with Crippen molar-refractivity contribution in [2.24, 2.45) is 5.10 Å². The molecule has 5 heteroatoms. The number of hydrogen-bond acceptors (Lipinski definition) is 4. The number of fused-ring (bicyclic) bond motifs is 1. The van der Waals surface area contributed by atoms with E-state index in [1.165, 1.54) is 6.20 Å². The molecule has 0 aromatic rings. The summed E-state index contributed by atoms with van der Waals surface area (Å²) in [7, 11) is 0. The molecule has 4 nitrogen and oxygen atoms in total. The zero-order valence-electron chi connectivity index (χ0n) is 6.03. The smallest absolute Gasteiger partial charge is 0.0780 e. The fourth-order valence-electron chi connectivity index (χ4n) is 0.987. The largest absolute Gasteiger partial charge is 0.359 e. The standard InChI is InChI=1S/C7H6BrN3O/c8-6-1-5-2-10-11(12)4-7(5)9-3-6/h1-4,9,12H. The molecule has 0 aromatic carbocycles. The minimum absolute atomic E-state index is 0.771. The molecule has 0 amide bonds. The fraction of sp³-hybridized carbons (Fsp3) is 0. The van der Waals surface area contributed by atoms with Crippen LogP contribution >= 0.6 is 15.9 Å². The Hall–Kier alpha value is -1.07. The third kappa shape index (κ3) is 1.28. The molecule has 2 N–H and O–H groups in total. The maximum Gasteiger partial charge on any atom is 0.0780 e. The lowest BCUT2D eigenvalue weighted by Gasteiger charge is -2.19. The van der Waals surface area contributed by atoms with Gasteiger partial charge in [0.25, 0.3) is 0 Å². The molecule has 62 valence electrons. The van der Waals surface area contributed by atoms with Crippen LogP contribution in [0.2, 0.25) is 0 Å². The van der Waals surface area contributed by atoms with Crippen LogP contribution in [0.5, 0.6) is 0 Å². The monoisotopic (exact) mass is 227 g/mol. The normalized spacial score (nSPS) is 20.5. The predicted molar refractivity (Wildman–Crippen MR) is 48.4 cm³/mol. The van der Waals surface area contributed by atoms with Crippen LogP contribution in [0.25, 0.3) is 0 Å². The van der Waals surface area contributed by atoms with E-state index in [1.807, 2.05) is 6.08 Å². The van der Waals surface area contributed by atoms with Gasteiger partial charge < -0.3 is 5.32 Å². The Bertz CT molecular complexity index is 330. The van der Waals surface area contributed by atoms with E-state index in [0.717, 1.165) is 20.9 Å².